The minimum atomic E-state index is -0.447. The summed E-state index contributed by atoms with van der Waals surface area (Å²) in [5.74, 6) is 4.88. The second kappa shape index (κ2) is 4.72. The number of amides is 1. The van der Waals surface area contributed by atoms with Crippen molar-refractivity contribution in [1.29, 1.82) is 0 Å². The van der Waals surface area contributed by atoms with Gasteiger partial charge in [0.25, 0.3) is 0 Å². The molecule has 82 valence electrons. The fourth-order valence-corrected chi connectivity index (χ4v) is 1.44. The number of hydrogen-bond donors (Lipinski definition) is 2. The Hall–Kier alpha value is -0.650. The highest BCUT2D eigenvalue weighted by atomic mass is 16.6. The van der Waals surface area contributed by atoms with Crippen molar-refractivity contribution in [2.45, 2.75) is 38.3 Å². The zero-order valence-electron chi connectivity index (χ0n) is 8.71. The van der Waals surface area contributed by atoms with Crippen molar-refractivity contribution in [1.82, 2.24) is 5.32 Å². The maximum atomic E-state index is 11.6. The molecule has 0 aliphatic carbocycles. The van der Waals surface area contributed by atoms with Crippen LogP contribution in [-0.2, 0) is 14.4 Å². The molecule has 0 spiro atoms. The molecule has 0 aromatic rings. The van der Waals surface area contributed by atoms with Gasteiger partial charge in [0, 0.05) is 6.61 Å². The van der Waals surface area contributed by atoms with Crippen molar-refractivity contribution >= 4 is 5.91 Å². The second-order valence-electron chi connectivity index (χ2n) is 4.19. The van der Waals surface area contributed by atoms with E-state index in [1.807, 2.05) is 13.8 Å². The Kier molecular flexibility index (Phi) is 3.86. The third-order valence-electron chi connectivity index (χ3n) is 2.13. The smallest absolute Gasteiger partial charge is 0.249 e. The van der Waals surface area contributed by atoms with E-state index in [9.17, 15) is 4.79 Å². The summed E-state index contributed by atoms with van der Waals surface area (Å²) in [4.78, 5) is 16.1. The highest BCUT2D eigenvalue weighted by Crippen LogP contribution is 2.13. The molecule has 3 N–H and O–H groups in total. The Labute approximate surface area is 83.9 Å². The molecule has 1 aliphatic heterocycles. The van der Waals surface area contributed by atoms with Gasteiger partial charge >= 0.3 is 0 Å². The van der Waals surface area contributed by atoms with Crippen molar-refractivity contribution in [2.75, 3.05) is 13.2 Å². The Balaban J connectivity index is 2.38. The van der Waals surface area contributed by atoms with E-state index in [0.29, 0.717) is 6.61 Å². The molecule has 0 radical (unpaired) electrons. The maximum Gasteiger partial charge on any atom is 0.249 e. The van der Waals surface area contributed by atoms with Crippen LogP contribution >= 0.6 is 0 Å². The molecular formula is C9H18N2O3. The molecule has 1 amide bonds. The first-order valence-corrected chi connectivity index (χ1v) is 4.80. The minimum absolute atomic E-state index is 0.0791. The molecule has 5 nitrogen and oxygen atoms in total. The van der Waals surface area contributed by atoms with Gasteiger partial charge in [-0.3, -0.25) is 4.79 Å². The van der Waals surface area contributed by atoms with Gasteiger partial charge in [0.2, 0.25) is 5.91 Å². The average Bonchev–Trinajstić information content (AvgIpc) is 2.53. The van der Waals surface area contributed by atoms with Gasteiger partial charge in [0.1, 0.15) is 6.10 Å². The Morgan fingerprint density at radius 3 is 2.93 bits per heavy atom. The monoisotopic (exact) mass is 202 g/mol. The summed E-state index contributed by atoms with van der Waals surface area (Å²) in [6.07, 6.45) is 1.45. The average molecular weight is 202 g/mol. The van der Waals surface area contributed by atoms with Crippen LogP contribution in [0.5, 0.6) is 0 Å². The third kappa shape index (κ3) is 3.25. The third-order valence-corrected chi connectivity index (χ3v) is 2.13. The van der Waals surface area contributed by atoms with Crippen molar-refractivity contribution in [3.63, 3.8) is 0 Å². The number of ether oxygens (including phenoxy) is 1. The minimum Gasteiger partial charge on any atom is -0.368 e. The van der Waals surface area contributed by atoms with Gasteiger partial charge in [-0.15, -0.1) is 0 Å². The van der Waals surface area contributed by atoms with Gasteiger partial charge in [0.15, 0.2) is 0 Å². The first-order chi connectivity index (χ1) is 6.55. The highest BCUT2D eigenvalue weighted by molar-refractivity contribution is 5.81. The van der Waals surface area contributed by atoms with Crippen molar-refractivity contribution in [3.8, 4) is 0 Å². The van der Waals surface area contributed by atoms with Gasteiger partial charge in [-0.25, -0.2) is 5.90 Å². The van der Waals surface area contributed by atoms with Gasteiger partial charge in [-0.2, -0.15) is 0 Å². The molecule has 1 unspecified atom stereocenters. The molecule has 0 saturated carbocycles. The molecule has 0 aromatic carbocycles. The van der Waals surface area contributed by atoms with Crippen LogP contribution in [0, 0.1) is 0 Å². The number of nitrogens with two attached hydrogens (primary N) is 1. The lowest BCUT2D eigenvalue weighted by molar-refractivity contribution is -0.132. The topological polar surface area (TPSA) is 73.6 Å². The van der Waals surface area contributed by atoms with E-state index in [1.165, 1.54) is 0 Å². The maximum absolute atomic E-state index is 11.6. The lowest BCUT2D eigenvalue weighted by Gasteiger charge is -2.26. The number of nitrogens with one attached hydrogen (secondary N) is 1. The van der Waals surface area contributed by atoms with Crippen LogP contribution in [0.15, 0.2) is 0 Å². The van der Waals surface area contributed by atoms with E-state index < -0.39 is 5.54 Å². The van der Waals surface area contributed by atoms with E-state index in [2.05, 4.69) is 10.2 Å². The van der Waals surface area contributed by atoms with Crippen LogP contribution in [0.4, 0.5) is 0 Å². The Bertz CT molecular complexity index is 200. The Morgan fingerprint density at radius 1 is 1.71 bits per heavy atom. The van der Waals surface area contributed by atoms with E-state index in [-0.39, 0.29) is 18.6 Å². The van der Waals surface area contributed by atoms with Crippen molar-refractivity contribution in [2.24, 2.45) is 5.90 Å². The van der Waals surface area contributed by atoms with Gasteiger partial charge in [-0.05, 0) is 26.7 Å². The summed E-state index contributed by atoms with van der Waals surface area (Å²) in [5.41, 5.74) is -0.447. The molecule has 1 heterocycles. The standard InChI is InChI=1S/C9H18N2O3/c1-9(2,6-14-10)11-8(12)7-4-3-5-13-7/h7H,3-6,10H2,1-2H3,(H,11,12). The van der Waals surface area contributed by atoms with Gasteiger partial charge in [-0.1, -0.05) is 0 Å². The van der Waals surface area contributed by atoms with Crippen LogP contribution in [-0.4, -0.2) is 30.8 Å². The van der Waals surface area contributed by atoms with E-state index >= 15 is 0 Å². The molecule has 1 aliphatic rings. The first kappa shape index (κ1) is 11.4. The normalized spacial score (nSPS) is 22.4. The largest absolute Gasteiger partial charge is 0.368 e. The quantitative estimate of drug-likeness (QED) is 0.627. The molecule has 1 atom stereocenters. The van der Waals surface area contributed by atoms with Crippen LogP contribution in [0.25, 0.3) is 0 Å². The summed E-state index contributed by atoms with van der Waals surface area (Å²) in [7, 11) is 0. The number of rotatable bonds is 4. The zero-order chi connectivity index (χ0) is 10.6. The van der Waals surface area contributed by atoms with Crippen LogP contribution in [0.1, 0.15) is 26.7 Å². The molecule has 5 heteroatoms. The Morgan fingerprint density at radius 2 is 2.43 bits per heavy atom. The van der Waals surface area contributed by atoms with Crippen LogP contribution in [0.3, 0.4) is 0 Å². The lowest BCUT2D eigenvalue weighted by atomic mass is 10.1. The van der Waals surface area contributed by atoms with E-state index in [1.54, 1.807) is 0 Å². The molecule has 1 saturated heterocycles. The summed E-state index contributed by atoms with van der Waals surface area (Å²) in [5, 5.41) is 2.83. The lowest BCUT2D eigenvalue weighted by Crippen LogP contribution is -2.50. The summed E-state index contributed by atoms with van der Waals surface area (Å²) in [6, 6.07) is 0. The first-order valence-electron chi connectivity index (χ1n) is 4.80. The van der Waals surface area contributed by atoms with Gasteiger partial charge in [0.05, 0.1) is 12.1 Å². The van der Waals surface area contributed by atoms with Gasteiger partial charge < -0.3 is 14.9 Å². The predicted molar refractivity (Wildman–Crippen MR) is 51.3 cm³/mol. The predicted octanol–water partition coefficient (Wildman–Crippen LogP) is -0.0495. The molecule has 0 aromatic heterocycles. The zero-order valence-corrected chi connectivity index (χ0v) is 8.71. The second-order valence-corrected chi connectivity index (χ2v) is 4.19. The highest BCUT2D eigenvalue weighted by Gasteiger charge is 2.28. The fourth-order valence-electron chi connectivity index (χ4n) is 1.44. The van der Waals surface area contributed by atoms with E-state index in [0.717, 1.165) is 12.8 Å². The fraction of sp³-hybridized carbons (Fsp3) is 0.889. The number of carbonyl (C=O) groups excluding carboxylic acids is 1. The van der Waals surface area contributed by atoms with E-state index in [4.69, 9.17) is 10.6 Å². The van der Waals surface area contributed by atoms with Crippen LogP contribution in [0.2, 0.25) is 0 Å². The number of hydrogen-bond acceptors (Lipinski definition) is 4. The van der Waals surface area contributed by atoms with Crippen LogP contribution < -0.4 is 11.2 Å². The summed E-state index contributed by atoms with van der Waals surface area (Å²) >= 11 is 0. The summed E-state index contributed by atoms with van der Waals surface area (Å²) < 4.78 is 5.25. The number of carbonyl (C=O) groups is 1. The summed E-state index contributed by atoms with van der Waals surface area (Å²) in [6.45, 7) is 4.66. The molecule has 1 rings (SSSR count). The molecule has 0 bridgehead atoms. The van der Waals surface area contributed by atoms with Crippen molar-refractivity contribution < 1.29 is 14.4 Å². The molecule has 1 fully saturated rings. The molecule has 14 heavy (non-hydrogen) atoms. The SMILES string of the molecule is CC(C)(CON)NC(=O)C1CCCO1. The van der Waals surface area contributed by atoms with Crippen molar-refractivity contribution in [3.05, 3.63) is 0 Å². The molecular weight excluding hydrogens is 184 g/mol.